The number of carbonyl (C=O) groups is 1. The lowest BCUT2D eigenvalue weighted by atomic mass is 9.86. The predicted molar refractivity (Wildman–Crippen MR) is 135 cm³/mol. The van der Waals surface area contributed by atoms with Gasteiger partial charge >= 0.3 is 0 Å². The summed E-state index contributed by atoms with van der Waals surface area (Å²) in [6, 6.07) is 31.6. The van der Waals surface area contributed by atoms with Crippen molar-refractivity contribution in [1.29, 1.82) is 0 Å². The predicted octanol–water partition coefficient (Wildman–Crippen LogP) is 6.37. The smallest absolute Gasteiger partial charge is 0.159 e. The van der Waals surface area contributed by atoms with Crippen molar-refractivity contribution in [2.75, 3.05) is 13.1 Å². The van der Waals surface area contributed by atoms with E-state index >= 15 is 0 Å². The van der Waals surface area contributed by atoms with Gasteiger partial charge in [-0.05, 0) is 65.0 Å². The van der Waals surface area contributed by atoms with Crippen LogP contribution in [0.1, 0.15) is 40.7 Å². The second-order valence-corrected chi connectivity index (χ2v) is 8.89. The molecule has 0 unspecified atom stereocenters. The van der Waals surface area contributed by atoms with E-state index in [1.807, 2.05) is 18.2 Å². The highest BCUT2D eigenvalue weighted by molar-refractivity contribution is 5.95. The molecule has 0 aromatic heterocycles. The molecule has 5 rings (SSSR count). The minimum absolute atomic E-state index is 0.0912. The first-order valence-corrected chi connectivity index (χ1v) is 11.7. The highest BCUT2D eigenvalue weighted by Crippen LogP contribution is 2.32. The molecule has 1 fully saturated rings. The van der Waals surface area contributed by atoms with Gasteiger partial charge in [0.05, 0.1) is 12.7 Å². The first-order chi connectivity index (χ1) is 16.2. The Labute approximate surface area is 195 Å². The van der Waals surface area contributed by atoms with Crippen LogP contribution in [0.3, 0.4) is 0 Å². The fourth-order valence-corrected chi connectivity index (χ4v) is 4.78. The summed E-state index contributed by atoms with van der Waals surface area (Å²) in [5.41, 5.74) is 5.46. The van der Waals surface area contributed by atoms with Crippen molar-refractivity contribution < 1.29 is 9.53 Å². The van der Waals surface area contributed by atoms with Gasteiger partial charge in [-0.3, -0.25) is 4.79 Å². The van der Waals surface area contributed by atoms with Gasteiger partial charge in [0.15, 0.2) is 5.78 Å². The summed E-state index contributed by atoms with van der Waals surface area (Å²) in [7, 11) is 0. The zero-order chi connectivity index (χ0) is 22.6. The number of benzene rings is 4. The number of hydrogen-bond donors (Lipinski definition) is 1. The van der Waals surface area contributed by atoms with E-state index in [-0.39, 0.29) is 11.9 Å². The summed E-state index contributed by atoms with van der Waals surface area (Å²) in [5.74, 6) is 0.427. The summed E-state index contributed by atoms with van der Waals surface area (Å²) in [6.45, 7) is 4.06. The van der Waals surface area contributed by atoms with Crippen molar-refractivity contribution in [2.24, 2.45) is 0 Å². The Morgan fingerprint density at radius 1 is 0.879 bits per heavy atom. The lowest BCUT2D eigenvalue weighted by molar-refractivity contribution is 0.0107. The number of carbonyl (C=O) groups excluding carboxylic acids is 1. The molecule has 0 saturated carbocycles. The van der Waals surface area contributed by atoms with Crippen LogP contribution in [0.25, 0.3) is 21.9 Å². The average Bonchev–Trinajstić information content (AvgIpc) is 2.87. The number of ketones is 1. The SMILES string of the molecule is CC(=O)c1cccc(-c2cccc([C@H]3CCNC[C@@H]3OCc3ccc4ccccc4c3)c2)c1. The number of Topliss-reactive ketones (excluding diaryl/α,β-unsaturated/α-hetero) is 1. The molecule has 0 spiro atoms. The fraction of sp³-hybridized carbons (Fsp3) is 0.233. The second-order valence-electron chi connectivity index (χ2n) is 8.89. The summed E-state index contributed by atoms with van der Waals surface area (Å²) >= 11 is 0. The van der Waals surface area contributed by atoms with Crippen LogP contribution in [0.15, 0.2) is 91.0 Å². The van der Waals surface area contributed by atoms with E-state index in [2.05, 4.69) is 78.1 Å². The van der Waals surface area contributed by atoms with Crippen molar-refractivity contribution in [3.63, 3.8) is 0 Å². The maximum atomic E-state index is 11.8. The van der Waals surface area contributed by atoms with Gasteiger partial charge in [0.2, 0.25) is 0 Å². The quantitative estimate of drug-likeness (QED) is 0.358. The van der Waals surface area contributed by atoms with E-state index in [1.165, 1.54) is 21.9 Å². The number of rotatable bonds is 6. The molecular weight excluding hydrogens is 406 g/mol. The van der Waals surface area contributed by atoms with E-state index in [1.54, 1.807) is 6.92 Å². The number of piperidine rings is 1. The van der Waals surface area contributed by atoms with Gasteiger partial charge < -0.3 is 10.1 Å². The van der Waals surface area contributed by atoms with Gasteiger partial charge in [0.1, 0.15) is 0 Å². The molecule has 1 heterocycles. The van der Waals surface area contributed by atoms with Crippen LogP contribution >= 0.6 is 0 Å². The van der Waals surface area contributed by atoms with Crippen LogP contribution in [0, 0.1) is 0 Å². The lowest BCUT2D eigenvalue weighted by Crippen LogP contribution is -2.41. The Hall–Kier alpha value is -3.27. The largest absolute Gasteiger partial charge is 0.372 e. The standard InChI is InChI=1S/C30H29NO2/c1-21(32)24-8-4-9-26(17-24)27-10-5-11-28(18-27)29-14-15-31-19-30(29)33-20-22-12-13-23-6-2-3-7-25(23)16-22/h2-13,16-18,29-31H,14-15,19-20H2,1H3/t29-,30+/m1/s1. The first kappa shape index (κ1) is 21.6. The summed E-state index contributed by atoms with van der Waals surface area (Å²) in [6.07, 6.45) is 1.16. The minimum atomic E-state index is 0.0912. The summed E-state index contributed by atoms with van der Waals surface area (Å²) in [4.78, 5) is 11.8. The third kappa shape index (κ3) is 4.90. The molecule has 166 valence electrons. The van der Waals surface area contributed by atoms with E-state index in [4.69, 9.17) is 4.74 Å². The Morgan fingerprint density at radius 3 is 2.52 bits per heavy atom. The summed E-state index contributed by atoms with van der Waals surface area (Å²) in [5, 5.41) is 6.01. The van der Waals surface area contributed by atoms with Gasteiger partial charge in [-0.15, -0.1) is 0 Å². The van der Waals surface area contributed by atoms with E-state index in [0.717, 1.165) is 36.2 Å². The molecule has 1 aliphatic heterocycles. The number of hydrogen-bond acceptors (Lipinski definition) is 3. The third-order valence-corrected chi connectivity index (χ3v) is 6.62. The zero-order valence-electron chi connectivity index (χ0n) is 19.0. The molecule has 3 nitrogen and oxygen atoms in total. The van der Waals surface area contributed by atoms with Gasteiger partial charge in [-0.1, -0.05) is 78.9 Å². The topological polar surface area (TPSA) is 38.3 Å². The van der Waals surface area contributed by atoms with Crippen LogP contribution in [-0.2, 0) is 11.3 Å². The Morgan fingerprint density at radius 2 is 1.67 bits per heavy atom. The Kier molecular flexibility index (Phi) is 6.34. The number of nitrogens with one attached hydrogen (secondary N) is 1. The Bertz CT molecular complexity index is 1280. The molecule has 0 amide bonds. The van der Waals surface area contributed by atoms with Crippen molar-refractivity contribution in [3.05, 3.63) is 108 Å². The first-order valence-electron chi connectivity index (χ1n) is 11.7. The molecule has 3 heteroatoms. The normalized spacial score (nSPS) is 18.3. The molecule has 1 saturated heterocycles. The summed E-state index contributed by atoms with van der Waals surface area (Å²) < 4.78 is 6.47. The molecule has 33 heavy (non-hydrogen) atoms. The third-order valence-electron chi connectivity index (χ3n) is 6.62. The van der Waals surface area contributed by atoms with Crippen LogP contribution in [0.5, 0.6) is 0 Å². The molecule has 1 aliphatic rings. The molecular formula is C30H29NO2. The van der Waals surface area contributed by atoms with E-state index in [0.29, 0.717) is 12.5 Å². The molecule has 0 radical (unpaired) electrons. The van der Waals surface area contributed by atoms with Gasteiger partial charge in [0, 0.05) is 18.0 Å². The van der Waals surface area contributed by atoms with E-state index in [9.17, 15) is 4.79 Å². The van der Waals surface area contributed by atoms with Gasteiger partial charge in [0.25, 0.3) is 0 Å². The minimum Gasteiger partial charge on any atom is -0.372 e. The van der Waals surface area contributed by atoms with Gasteiger partial charge in [-0.25, -0.2) is 0 Å². The number of ether oxygens (including phenoxy) is 1. The lowest BCUT2D eigenvalue weighted by Gasteiger charge is -2.33. The molecule has 4 aromatic carbocycles. The maximum absolute atomic E-state index is 11.8. The fourth-order valence-electron chi connectivity index (χ4n) is 4.78. The van der Waals surface area contributed by atoms with E-state index < -0.39 is 0 Å². The molecule has 0 bridgehead atoms. The highest BCUT2D eigenvalue weighted by atomic mass is 16.5. The van der Waals surface area contributed by atoms with Crippen molar-refractivity contribution in [3.8, 4) is 11.1 Å². The van der Waals surface area contributed by atoms with Crippen LogP contribution in [-0.4, -0.2) is 25.0 Å². The number of fused-ring (bicyclic) bond motifs is 1. The average molecular weight is 436 g/mol. The van der Waals surface area contributed by atoms with Gasteiger partial charge in [-0.2, -0.15) is 0 Å². The van der Waals surface area contributed by atoms with Crippen molar-refractivity contribution in [2.45, 2.75) is 32.0 Å². The van der Waals surface area contributed by atoms with Crippen LogP contribution in [0.2, 0.25) is 0 Å². The van der Waals surface area contributed by atoms with Crippen molar-refractivity contribution >= 4 is 16.6 Å². The molecule has 1 N–H and O–H groups in total. The molecule has 2 atom stereocenters. The van der Waals surface area contributed by atoms with Crippen LogP contribution in [0.4, 0.5) is 0 Å². The zero-order valence-corrected chi connectivity index (χ0v) is 19.0. The monoisotopic (exact) mass is 435 g/mol. The van der Waals surface area contributed by atoms with Crippen LogP contribution < -0.4 is 5.32 Å². The molecule has 0 aliphatic carbocycles. The molecule has 4 aromatic rings. The highest BCUT2D eigenvalue weighted by Gasteiger charge is 2.27. The maximum Gasteiger partial charge on any atom is 0.159 e. The Balaban J connectivity index is 1.35. The van der Waals surface area contributed by atoms with Crippen molar-refractivity contribution in [1.82, 2.24) is 5.32 Å². The second kappa shape index (κ2) is 9.70.